The van der Waals surface area contributed by atoms with Crippen molar-refractivity contribution in [2.24, 2.45) is 0 Å². The van der Waals surface area contributed by atoms with E-state index in [-0.39, 0.29) is 5.91 Å². The van der Waals surface area contributed by atoms with Crippen molar-refractivity contribution in [2.45, 2.75) is 12.3 Å². The van der Waals surface area contributed by atoms with Gasteiger partial charge in [0.2, 0.25) is 0 Å². The van der Waals surface area contributed by atoms with Crippen molar-refractivity contribution in [1.82, 2.24) is 0 Å². The fourth-order valence-corrected chi connectivity index (χ4v) is 4.49. The first kappa shape index (κ1) is 18.0. The van der Waals surface area contributed by atoms with Gasteiger partial charge in [0.15, 0.2) is 0 Å². The standard InChI is InChI=1S/C19H18Cl2N2O2S/c20-14-6-12(13-10-25-11-13)7-15(8-14)22-19(24)17-9-16(2-3-18(17)21)23-4-1-5-26-23/h2-3,6-9,13H,1,4-5,10-11H2,(H,22,24). The predicted molar refractivity (Wildman–Crippen MR) is 109 cm³/mol. The van der Waals surface area contributed by atoms with Crippen LogP contribution in [0.15, 0.2) is 36.4 Å². The molecule has 0 bridgehead atoms. The highest BCUT2D eigenvalue weighted by Gasteiger charge is 2.22. The number of carbonyl (C=O) groups excluding carboxylic acids is 1. The normalized spacial score (nSPS) is 17.2. The average Bonchev–Trinajstić information content (AvgIpc) is 3.07. The number of anilines is 2. The first-order valence-corrected chi connectivity index (χ1v) is 10.2. The molecule has 26 heavy (non-hydrogen) atoms. The molecule has 2 aromatic carbocycles. The van der Waals surface area contributed by atoms with Crippen molar-refractivity contribution < 1.29 is 9.53 Å². The summed E-state index contributed by atoms with van der Waals surface area (Å²) in [5, 5.41) is 3.96. The first-order chi connectivity index (χ1) is 12.6. The second-order valence-corrected chi connectivity index (χ2v) is 8.37. The second kappa shape index (κ2) is 7.69. The predicted octanol–water partition coefficient (Wildman–Crippen LogP) is 5.22. The van der Waals surface area contributed by atoms with Gasteiger partial charge in [-0.05, 0) is 60.3 Å². The smallest absolute Gasteiger partial charge is 0.257 e. The van der Waals surface area contributed by atoms with Crippen molar-refractivity contribution in [1.29, 1.82) is 0 Å². The number of halogens is 2. The molecule has 136 valence electrons. The minimum Gasteiger partial charge on any atom is -0.380 e. The van der Waals surface area contributed by atoms with Crippen LogP contribution in [0.3, 0.4) is 0 Å². The Kier molecular flexibility index (Phi) is 5.32. The van der Waals surface area contributed by atoms with E-state index in [0.29, 0.717) is 40.4 Å². The summed E-state index contributed by atoms with van der Waals surface area (Å²) in [6, 6.07) is 11.2. The van der Waals surface area contributed by atoms with Gasteiger partial charge in [-0.2, -0.15) is 0 Å². The summed E-state index contributed by atoms with van der Waals surface area (Å²) in [6.45, 7) is 2.36. The van der Waals surface area contributed by atoms with Crippen molar-refractivity contribution in [2.75, 3.05) is 35.1 Å². The van der Waals surface area contributed by atoms with Gasteiger partial charge < -0.3 is 14.4 Å². The third-order valence-corrected chi connectivity index (χ3v) is 6.25. The van der Waals surface area contributed by atoms with Crippen molar-refractivity contribution in [3.8, 4) is 0 Å². The molecule has 0 saturated carbocycles. The zero-order chi connectivity index (χ0) is 18.1. The maximum absolute atomic E-state index is 12.8. The third-order valence-electron chi connectivity index (χ3n) is 4.52. The topological polar surface area (TPSA) is 41.6 Å². The van der Waals surface area contributed by atoms with E-state index in [1.54, 1.807) is 24.1 Å². The molecule has 2 aromatic rings. The van der Waals surface area contributed by atoms with E-state index in [0.717, 1.165) is 30.0 Å². The number of hydrogen-bond acceptors (Lipinski definition) is 4. The van der Waals surface area contributed by atoms with Crippen LogP contribution in [0.4, 0.5) is 11.4 Å². The van der Waals surface area contributed by atoms with Crippen LogP contribution in [0.5, 0.6) is 0 Å². The van der Waals surface area contributed by atoms with Gasteiger partial charge in [-0.25, -0.2) is 0 Å². The summed E-state index contributed by atoms with van der Waals surface area (Å²) in [5.41, 5.74) is 3.21. The fraction of sp³-hybridized carbons (Fsp3) is 0.316. The van der Waals surface area contributed by atoms with Crippen LogP contribution >= 0.6 is 35.1 Å². The Morgan fingerprint density at radius 2 is 2.04 bits per heavy atom. The number of rotatable bonds is 4. The summed E-state index contributed by atoms with van der Waals surface area (Å²) in [4.78, 5) is 12.8. The number of amides is 1. The molecule has 0 spiro atoms. The molecule has 2 saturated heterocycles. The summed E-state index contributed by atoms with van der Waals surface area (Å²) in [7, 11) is 0. The van der Waals surface area contributed by atoms with E-state index in [2.05, 4.69) is 9.62 Å². The Morgan fingerprint density at radius 1 is 1.19 bits per heavy atom. The van der Waals surface area contributed by atoms with Gasteiger partial charge >= 0.3 is 0 Å². The van der Waals surface area contributed by atoms with Crippen LogP contribution in [0, 0.1) is 0 Å². The van der Waals surface area contributed by atoms with Crippen LogP contribution in [-0.4, -0.2) is 31.4 Å². The SMILES string of the molecule is O=C(Nc1cc(Cl)cc(C2COC2)c1)c1cc(N2CCCS2)ccc1Cl. The van der Waals surface area contributed by atoms with E-state index in [1.165, 1.54) is 0 Å². The van der Waals surface area contributed by atoms with Crippen LogP contribution in [0.2, 0.25) is 10.0 Å². The Labute approximate surface area is 166 Å². The molecule has 2 fully saturated rings. The zero-order valence-corrected chi connectivity index (χ0v) is 16.3. The molecule has 0 atom stereocenters. The van der Waals surface area contributed by atoms with Crippen molar-refractivity contribution >= 4 is 52.4 Å². The zero-order valence-electron chi connectivity index (χ0n) is 14.0. The Balaban J connectivity index is 1.56. The first-order valence-electron chi connectivity index (χ1n) is 8.50. The number of ether oxygens (including phenoxy) is 1. The Bertz CT molecular complexity index is 836. The highest BCUT2D eigenvalue weighted by Crippen LogP contribution is 2.32. The summed E-state index contributed by atoms with van der Waals surface area (Å²) >= 11 is 14.3. The molecule has 2 heterocycles. The van der Waals surface area contributed by atoms with Gasteiger partial charge in [-0.3, -0.25) is 4.79 Å². The maximum Gasteiger partial charge on any atom is 0.257 e. The van der Waals surface area contributed by atoms with Crippen LogP contribution in [-0.2, 0) is 4.74 Å². The molecular formula is C19H18Cl2N2O2S. The molecule has 2 aliphatic heterocycles. The van der Waals surface area contributed by atoms with Gasteiger partial charge in [0, 0.05) is 34.6 Å². The maximum atomic E-state index is 12.8. The van der Waals surface area contributed by atoms with Crippen LogP contribution < -0.4 is 9.62 Å². The molecule has 0 radical (unpaired) electrons. The van der Waals surface area contributed by atoms with Gasteiger partial charge in [0.25, 0.3) is 5.91 Å². The van der Waals surface area contributed by atoms with Gasteiger partial charge in [-0.1, -0.05) is 23.2 Å². The Morgan fingerprint density at radius 3 is 2.73 bits per heavy atom. The summed E-state index contributed by atoms with van der Waals surface area (Å²) in [6.07, 6.45) is 1.14. The molecular weight excluding hydrogens is 391 g/mol. The molecule has 1 N–H and O–H groups in total. The molecule has 4 nitrogen and oxygen atoms in total. The lowest BCUT2D eigenvalue weighted by Crippen LogP contribution is -2.25. The molecule has 4 rings (SSSR count). The number of nitrogens with zero attached hydrogens (tertiary/aromatic N) is 1. The fourth-order valence-electron chi connectivity index (χ4n) is 3.04. The Hall–Kier alpha value is -1.40. The lowest BCUT2D eigenvalue weighted by molar-refractivity contribution is 0.00845. The van der Waals surface area contributed by atoms with Crippen molar-refractivity contribution in [3.05, 3.63) is 57.6 Å². The average molecular weight is 409 g/mol. The minimum atomic E-state index is -0.237. The van der Waals surface area contributed by atoms with Crippen LogP contribution in [0.25, 0.3) is 0 Å². The largest absolute Gasteiger partial charge is 0.380 e. The summed E-state index contributed by atoms with van der Waals surface area (Å²) in [5.74, 6) is 1.20. The minimum absolute atomic E-state index is 0.237. The molecule has 0 aromatic heterocycles. The molecule has 2 aliphatic rings. The molecule has 0 unspecified atom stereocenters. The van der Waals surface area contributed by atoms with E-state index in [9.17, 15) is 4.79 Å². The van der Waals surface area contributed by atoms with Gasteiger partial charge in [0.05, 0.1) is 23.8 Å². The van der Waals surface area contributed by atoms with E-state index in [4.69, 9.17) is 27.9 Å². The number of benzene rings is 2. The van der Waals surface area contributed by atoms with E-state index in [1.807, 2.05) is 24.3 Å². The van der Waals surface area contributed by atoms with Gasteiger partial charge in [-0.15, -0.1) is 0 Å². The van der Waals surface area contributed by atoms with E-state index >= 15 is 0 Å². The van der Waals surface area contributed by atoms with Crippen molar-refractivity contribution in [3.63, 3.8) is 0 Å². The van der Waals surface area contributed by atoms with E-state index < -0.39 is 0 Å². The summed E-state index contributed by atoms with van der Waals surface area (Å²) < 4.78 is 7.44. The number of carbonyl (C=O) groups is 1. The highest BCUT2D eigenvalue weighted by atomic mass is 35.5. The molecule has 0 aliphatic carbocycles. The number of nitrogens with one attached hydrogen (secondary N) is 1. The van der Waals surface area contributed by atoms with Gasteiger partial charge in [0.1, 0.15) is 0 Å². The van der Waals surface area contributed by atoms with Crippen LogP contribution in [0.1, 0.15) is 28.3 Å². The quantitative estimate of drug-likeness (QED) is 0.704. The monoisotopic (exact) mass is 408 g/mol. The lowest BCUT2D eigenvalue weighted by Gasteiger charge is -2.27. The molecule has 1 amide bonds. The lowest BCUT2D eigenvalue weighted by atomic mass is 9.97. The molecule has 7 heteroatoms. The third kappa shape index (κ3) is 3.81. The highest BCUT2D eigenvalue weighted by molar-refractivity contribution is 8.00. The second-order valence-electron chi connectivity index (χ2n) is 6.41. The number of hydrogen-bond donors (Lipinski definition) is 1.